The van der Waals surface area contributed by atoms with Crippen LogP contribution in [0.25, 0.3) is 10.1 Å². The number of aryl methyl sites for hydroxylation is 2. The van der Waals surface area contributed by atoms with E-state index in [9.17, 15) is 9.59 Å². The Morgan fingerprint density at radius 1 is 1.26 bits per heavy atom. The normalized spacial score (nSPS) is 17.1. The summed E-state index contributed by atoms with van der Waals surface area (Å²) in [5, 5.41) is 4.97. The average molecular weight is 441 g/mol. The highest BCUT2D eigenvalue weighted by atomic mass is 32.1. The Hall–Kier alpha value is -2.74. The molecule has 1 aromatic carbocycles. The second-order valence-electron chi connectivity index (χ2n) is 8.02. The molecule has 2 N–H and O–H groups in total. The van der Waals surface area contributed by atoms with Crippen molar-refractivity contribution in [3.05, 3.63) is 46.4 Å². The van der Waals surface area contributed by atoms with E-state index in [1.807, 2.05) is 36.1 Å². The fraction of sp³-hybridized carbons (Fsp3) is 0.478. The quantitative estimate of drug-likeness (QED) is 0.600. The van der Waals surface area contributed by atoms with Gasteiger partial charge in [0.05, 0.1) is 4.88 Å². The molecular formula is C23H28N4O3S. The minimum Gasteiger partial charge on any atom is -0.365 e. The minimum atomic E-state index is -0.397. The van der Waals surface area contributed by atoms with Crippen LogP contribution in [-0.4, -0.2) is 39.4 Å². The summed E-state index contributed by atoms with van der Waals surface area (Å²) in [6.45, 7) is 2.71. The Morgan fingerprint density at radius 3 is 2.87 bits per heavy atom. The van der Waals surface area contributed by atoms with Crippen molar-refractivity contribution in [2.24, 2.45) is 5.73 Å². The first-order valence-electron chi connectivity index (χ1n) is 11.0. The highest BCUT2D eigenvalue weighted by Crippen LogP contribution is 2.34. The lowest BCUT2D eigenvalue weighted by Gasteiger charge is -2.30. The van der Waals surface area contributed by atoms with Crippen LogP contribution in [0, 0.1) is 0 Å². The topological polar surface area (TPSA) is 102 Å². The van der Waals surface area contributed by atoms with Crippen LogP contribution in [0.1, 0.15) is 66.0 Å². The van der Waals surface area contributed by atoms with Gasteiger partial charge in [0.15, 0.2) is 5.82 Å². The number of benzene rings is 1. The van der Waals surface area contributed by atoms with Crippen LogP contribution < -0.4 is 5.73 Å². The van der Waals surface area contributed by atoms with Gasteiger partial charge < -0.3 is 15.2 Å². The van der Waals surface area contributed by atoms with Gasteiger partial charge >= 0.3 is 0 Å². The molecule has 4 rings (SSSR count). The van der Waals surface area contributed by atoms with Crippen molar-refractivity contribution in [3.8, 4) is 0 Å². The molecule has 0 bridgehead atoms. The average Bonchev–Trinajstić information content (AvgIpc) is 3.31. The zero-order chi connectivity index (χ0) is 21.8. The summed E-state index contributed by atoms with van der Waals surface area (Å²) in [7, 11) is 0. The highest BCUT2D eigenvalue weighted by molar-refractivity contribution is 7.21. The standard InChI is InChI=1S/C23H28N4O3S/c1-2-19-25-20(30-26-19)11-12-21(28)27-13-7-3-4-8-15(27)14-17-16-9-5-6-10-18(16)31-22(17)23(24)29/h5-6,9-10,15H,2-4,7-8,11-14H2,1H3,(H2,24,29)/t15-/m0/s1. The number of hydrogen-bond acceptors (Lipinski definition) is 6. The van der Waals surface area contributed by atoms with E-state index in [4.69, 9.17) is 10.3 Å². The molecule has 8 heteroatoms. The van der Waals surface area contributed by atoms with Crippen LogP contribution in [0.2, 0.25) is 0 Å². The molecule has 1 saturated heterocycles. The third-order valence-electron chi connectivity index (χ3n) is 5.94. The molecule has 3 heterocycles. The van der Waals surface area contributed by atoms with Gasteiger partial charge in [-0.1, -0.05) is 43.1 Å². The molecule has 1 aliphatic heterocycles. The van der Waals surface area contributed by atoms with Gasteiger partial charge in [0.2, 0.25) is 11.8 Å². The number of fused-ring (bicyclic) bond motifs is 1. The third-order valence-corrected chi connectivity index (χ3v) is 7.17. The van der Waals surface area contributed by atoms with Crippen molar-refractivity contribution >= 4 is 33.2 Å². The van der Waals surface area contributed by atoms with Gasteiger partial charge in [-0.25, -0.2) is 0 Å². The van der Waals surface area contributed by atoms with E-state index < -0.39 is 5.91 Å². The molecule has 1 atom stereocenters. The molecule has 1 aliphatic rings. The summed E-state index contributed by atoms with van der Waals surface area (Å²) in [5.41, 5.74) is 6.68. The molecule has 0 unspecified atom stereocenters. The van der Waals surface area contributed by atoms with E-state index in [-0.39, 0.29) is 11.9 Å². The van der Waals surface area contributed by atoms with E-state index in [2.05, 4.69) is 10.1 Å². The van der Waals surface area contributed by atoms with Crippen LogP contribution in [-0.2, 0) is 24.1 Å². The maximum atomic E-state index is 13.2. The van der Waals surface area contributed by atoms with Crippen LogP contribution in [0.15, 0.2) is 28.8 Å². The Balaban J connectivity index is 1.54. The van der Waals surface area contributed by atoms with Crippen molar-refractivity contribution in [2.75, 3.05) is 6.54 Å². The summed E-state index contributed by atoms with van der Waals surface area (Å²) in [5.74, 6) is 0.879. The Labute approximate surface area is 185 Å². The summed E-state index contributed by atoms with van der Waals surface area (Å²) >= 11 is 1.44. The molecule has 1 fully saturated rings. The summed E-state index contributed by atoms with van der Waals surface area (Å²) < 4.78 is 6.29. The highest BCUT2D eigenvalue weighted by Gasteiger charge is 2.28. The molecule has 0 saturated carbocycles. The van der Waals surface area contributed by atoms with Crippen molar-refractivity contribution in [1.29, 1.82) is 0 Å². The zero-order valence-corrected chi connectivity index (χ0v) is 18.6. The maximum absolute atomic E-state index is 13.2. The number of carbonyl (C=O) groups is 2. The Bertz CT molecular complexity index is 1070. The van der Waals surface area contributed by atoms with Gasteiger partial charge in [-0.05, 0) is 36.3 Å². The van der Waals surface area contributed by atoms with Crippen molar-refractivity contribution in [1.82, 2.24) is 15.0 Å². The molecular weight excluding hydrogens is 412 g/mol. The van der Waals surface area contributed by atoms with Crippen molar-refractivity contribution < 1.29 is 14.1 Å². The summed E-state index contributed by atoms with van der Waals surface area (Å²) in [6.07, 6.45) is 6.25. The van der Waals surface area contributed by atoms with Gasteiger partial charge in [-0.3, -0.25) is 9.59 Å². The van der Waals surface area contributed by atoms with Crippen LogP contribution >= 0.6 is 11.3 Å². The Morgan fingerprint density at radius 2 is 2.10 bits per heavy atom. The second kappa shape index (κ2) is 9.60. The van der Waals surface area contributed by atoms with Gasteiger partial charge in [0, 0.05) is 36.5 Å². The SMILES string of the molecule is CCc1noc(CCC(=O)N2CCCCC[C@H]2Cc2c(C(N)=O)sc3ccccc23)n1. The number of hydrogen-bond donors (Lipinski definition) is 1. The predicted molar refractivity (Wildman–Crippen MR) is 120 cm³/mol. The van der Waals surface area contributed by atoms with E-state index >= 15 is 0 Å². The van der Waals surface area contributed by atoms with Crippen LogP contribution in [0.3, 0.4) is 0 Å². The first-order valence-corrected chi connectivity index (χ1v) is 11.8. The first-order chi connectivity index (χ1) is 15.1. The number of nitrogens with zero attached hydrogens (tertiary/aromatic N) is 3. The zero-order valence-electron chi connectivity index (χ0n) is 17.8. The molecule has 3 aromatic rings. The number of amides is 2. The van der Waals surface area contributed by atoms with E-state index in [1.54, 1.807) is 0 Å². The number of thiophene rings is 1. The largest absolute Gasteiger partial charge is 0.365 e. The number of rotatable bonds is 7. The number of aromatic nitrogens is 2. The third kappa shape index (κ3) is 4.79. The lowest BCUT2D eigenvalue weighted by Crippen LogP contribution is -2.41. The van der Waals surface area contributed by atoms with E-state index in [0.717, 1.165) is 47.9 Å². The fourth-order valence-corrected chi connectivity index (χ4v) is 5.43. The number of carbonyl (C=O) groups excluding carboxylic acids is 2. The second-order valence-corrected chi connectivity index (χ2v) is 9.07. The molecule has 7 nitrogen and oxygen atoms in total. The smallest absolute Gasteiger partial charge is 0.259 e. The van der Waals surface area contributed by atoms with Gasteiger partial charge in [-0.2, -0.15) is 4.98 Å². The summed E-state index contributed by atoms with van der Waals surface area (Å²) in [6, 6.07) is 8.06. The Kier molecular flexibility index (Phi) is 6.65. The van der Waals surface area contributed by atoms with Gasteiger partial charge in [-0.15, -0.1) is 11.3 Å². The number of likely N-dealkylation sites (tertiary alicyclic amines) is 1. The van der Waals surface area contributed by atoms with Crippen LogP contribution in [0.4, 0.5) is 0 Å². The number of primary amides is 1. The van der Waals surface area contributed by atoms with E-state index in [0.29, 0.717) is 42.3 Å². The molecule has 0 aliphatic carbocycles. The maximum Gasteiger partial charge on any atom is 0.259 e. The lowest BCUT2D eigenvalue weighted by molar-refractivity contribution is -0.133. The molecule has 2 aromatic heterocycles. The van der Waals surface area contributed by atoms with Gasteiger partial charge in [0.1, 0.15) is 0 Å². The molecule has 2 amide bonds. The lowest BCUT2D eigenvalue weighted by atomic mass is 9.97. The minimum absolute atomic E-state index is 0.0556. The molecule has 164 valence electrons. The molecule has 31 heavy (non-hydrogen) atoms. The number of nitrogens with two attached hydrogens (primary N) is 1. The molecule has 0 radical (unpaired) electrons. The van der Waals surface area contributed by atoms with Crippen molar-refractivity contribution in [2.45, 2.75) is 64.3 Å². The first kappa shape index (κ1) is 21.5. The molecule has 0 spiro atoms. The van der Waals surface area contributed by atoms with Gasteiger partial charge in [0.25, 0.3) is 5.91 Å². The fourth-order valence-electron chi connectivity index (χ4n) is 4.35. The monoisotopic (exact) mass is 440 g/mol. The van der Waals surface area contributed by atoms with Crippen molar-refractivity contribution in [3.63, 3.8) is 0 Å². The van der Waals surface area contributed by atoms with E-state index in [1.165, 1.54) is 11.3 Å². The summed E-state index contributed by atoms with van der Waals surface area (Å²) in [4.78, 5) is 32.2. The predicted octanol–water partition coefficient (Wildman–Crippen LogP) is 3.89. The van der Waals surface area contributed by atoms with Crippen LogP contribution in [0.5, 0.6) is 0 Å².